The SMILES string of the molecule is O=C(CNc1ccc(Cl)cc1Cl)Nc1ccc(N2CCCC2)cc1. The molecule has 0 bridgehead atoms. The van der Waals surface area contributed by atoms with Crippen LogP contribution in [0.4, 0.5) is 17.1 Å². The van der Waals surface area contributed by atoms with Crippen LogP contribution in [0.3, 0.4) is 0 Å². The maximum atomic E-state index is 12.1. The van der Waals surface area contributed by atoms with Crippen molar-refractivity contribution in [2.75, 3.05) is 35.2 Å². The molecule has 1 aliphatic heterocycles. The van der Waals surface area contributed by atoms with Gasteiger partial charge in [-0.2, -0.15) is 0 Å². The smallest absolute Gasteiger partial charge is 0.243 e. The molecular weight excluding hydrogens is 345 g/mol. The average molecular weight is 364 g/mol. The molecule has 2 aromatic rings. The highest BCUT2D eigenvalue weighted by atomic mass is 35.5. The highest BCUT2D eigenvalue weighted by Gasteiger charge is 2.12. The van der Waals surface area contributed by atoms with E-state index in [9.17, 15) is 4.79 Å². The molecule has 2 N–H and O–H groups in total. The fraction of sp³-hybridized carbons (Fsp3) is 0.278. The van der Waals surface area contributed by atoms with Gasteiger partial charge in [0.05, 0.1) is 17.3 Å². The summed E-state index contributed by atoms with van der Waals surface area (Å²) < 4.78 is 0. The summed E-state index contributed by atoms with van der Waals surface area (Å²) >= 11 is 11.9. The van der Waals surface area contributed by atoms with Gasteiger partial charge in [0.1, 0.15) is 0 Å². The summed E-state index contributed by atoms with van der Waals surface area (Å²) in [5.74, 6) is -0.130. The number of rotatable bonds is 5. The van der Waals surface area contributed by atoms with Gasteiger partial charge < -0.3 is 15.5 Å². The minimum absolute atomic E-state index is 0.130. The zero-order chi connectivity index (χ0) is 16.9. The zero-order valence-corrected chi connectivity index (χ0v) is 14.7. The lowest BCUT2D eigenvalue weighted by Gasteiger charge is -2.17. The molecule has 24 heavy (non-hydrogen) atoms. The predicted molar refractivity (Wildman–Crippen MR) is 101 cm³/mol. The van der Waals surface area contributed by atoms with E-state index in [4.69, 9.17) is 23.2 Å². The van der Waals surface area contributed by atoms with E-state index in [1.807, 2.05) is 24.3 Å². The molecule has 1 saturated heterocycles. The molecule has 0 saturated carbocycles. The molecule has 0 spiro atoms. The number of anilines is 3. The molecule has 0 atom stereocenters. The third-order valence-corrected chi connectivity index (χ3v) is 4.54. The number of nitrogens with zero attached hydrogens (tertiary/aromatic N) is 1. The summed E-state index contributed by atoms with van der Waals surface area (Å²) in [7, 11) is 0. The van der Waals surface area contributed by atoms with Gasteiger partial charge in [-0.15, -0.1) is 0 Å². The highest BCUT2D eigenvalue weighted by Crippen LogP contribution is 2.25. The second-order valence-corrected chi connectivity index (χ2v) is 6.61. The molecule has 126 valence electrons. The topological polar surface area (TPSA) is 44.4 Å². The maximum absolute atomic E-state index is 12.1. The van der Waals surface area contributed by atoms with Gasteiger partial charge in [-0.25, -0.2) is 0 Å². The summed E-state index contributed by atoms with van der Waals surface area (Å²) in [6.45, 7) is 2.35. The van der Waals surface area contributed by atoms with Crippen molar-refractivity contribution in [3.8, 4) is 0 Å². The van der Waals surface area contributed by atoms with Crippen molar-refractivity contribution in [3.05, 3.63) is 52.5 Å². The number of carbonyl (C=O) groups is 1. The second-order valence-electron chi connectivity index (χ2n) is 5.77. The number of hydrogen-bond acceptors (Lipinski definition) is 3. The van der Waals surface area contributed by atoms with Crippen LogP contribution in [-0.2, 0) is 4.79 Å². The summed E-state index contributed by atoms with van der Waals surface area (Å²) in [5.41, 5.74) is 2.67. The van der Waals surface area contributed by atoms with E-state index >= 15 is 0 Å². The largest absolute Gasteiger partial charge is 0.375 e. The first-order valence-electron chi connectivity index (χ1n) is 7.95. The predicted octanol–water partition coefficient (Wildman–Crippen LogP) is 4.64. The van der Waals surface area contributed by atoms with Gasteiger partial charge in [0.2, 0.25) is 5.91 Å². The molecule has 1 heterocycles. The van der Waals surface area contributed by atoms with Crippen LogP contribution in [0.5, 0.6) is 0 Å². The number of amides is 1. The van der Waals surface area contributed by atoms with Crippen molar-refractivity contribution in [1.29, 1.82) is 0 Å². The Bertz CT molecular complexity index is 713. The molecule has 4 nitrogen and oxygen atoms in total. The Balaban J connectivity index is 1.52. The number of benzene rings is 2. The lowest BCUT2D eigenvalue weighted by Crippen LogP contribution is -2.22. The Morgan fingerprint density at radius 1 is 1.04 bits per heavy atom. The van der Waals surface area contributed by atoms with E-state index in [1.165, 1.54) is 18.5 Å². The fourth-order valence-corrected chi connectivity index (χ4v) is 3.22. The van der Waals surface area contributed by atoms with Crippen molar-refractivity contribution in [3.63, 3.8) is 0 Å². The lowest BCUT2D eigenvalue weighted by molar-refractivity contribution is -0.114. The van der Waals surface area contributed by atoms with Crippen LogP contribution in [0.15, 0.2) is 42.5 Å². The first-order valence-corrected chi connectivity index (χ1v) is 8.71. The average Bonchev–Trinajstić information content (AvgIpc) is 3.09. The summed E-state index contributed by atoms with van der Waals surface area (Å²) in [5, 5.41) is 6.93. The number of halogens is 2. The van der Waals surface area contributed by atoms with E-state index in [0.29, 0.717) is 15.7 Å². The third-order valence-electron chi connectivity index (χ3n) is 3.99. The minimum Gasteiger partial charge on any atom is -0.375 e. The van der Waals surface area contributed by atoms with Crippen molar-refractivity contribution < 1.29 is 4.79 Å². The number of hydrogen-bond donors (Lipinski definition) is 2. The Kier molecular flexibility index (Phi) is 5.48. The van der Waals surface area contributed by atoms with Gasteiger partial charge in [0.15, 0.2) is 0 Å². The van der Waals surface area contributed by atoms with E-state index in [1.54, 1.807) is 18.2 Å². The standard InChI is InChI=1S/C18H19Cl2N3O/c19-13-3-8-17(16(20)11-13)21-12-18(24)22-14-4-6-15(7-5-14)23-9-1-2-10-23/h3-8,11,21H,1-2,9-10,12H2,(H,22,24). The van der Waals surface area contributed by atoms with Gasteiger partial charge in [0.25, 0.3) is 0 Å². The Labute approximate surface area is 151 Å². The Hall–Kier alpha value is -1.91. The molecular formula is C18H19Cl2N3O. The monoisotopic (exact) mass is 363 g/mol. The van der Waals surface area contributed by atoms with Crippen LogP contribution < -0.4 is 15.5 Å². The van der Waals surface area contributed by atoms with Crippen LogP contribution in [-0.4, -0.2) is 25.5 Å². The van der Waals surface area contributed by atoms with Crippen molar-refractivity contribution in [2.24, 2.45) is 0 Å². The van der Waals surface area contributed by atoms with Crippen LogP contribution >= 0.6 is 23.2 Å². The molecule has 0 aliphatic carbocycles. The molecule has 0 unspecified atom stereocenters. The summed E-state index contributed by atoms with van der Waals surface area (Å²) in [4.78, 5) is 14.4. The number of nitrogens with one attached hydrogen (secondary N) is 2. The Morgan fingerprint density at radius 2 is 1.75 bits per heavy atom. The number of carbonyl (C=O) groups excluding carboxylic acids is 1. The zero-order valence-electron chi connectivity index (χ0n) is 13.2. The minimum atomic E-state index is -0.130. The third kappa shape index (κ3) is 4.34. The first-order chi connectivity index (χ1) is 11.6. The maximum Gasteiger partial charge on any atom is 0.243 e. The molecule has 1 amide bonds. The molecule has 0 radical (unpaired) electrons. The highest BCUT2D eigenvalue weighted by molar-refractivity contribution is 6.36. The van der Waals surface area contributed by atoms with E-state index in [0.717, 1.165) is 18.8 Å². The van der Waals surface area contributed by atoms with Gasteiger partial charge in [-0.1, -0.05) is 23.2 Å². The summed E-state index contributed by atoms with van der Waals surface area (Å²) in [6, 6.07) is 13.1. The van der Waals surface area contributed by atoms with Crippen LogP contribution in [0.2, 0.25) is 10.0 Å². The normalized spacial score (nSPS) is 13.8. The first kappa shape index (κ1) is 16.9. The molecule has 6 heteroatoms. The van der Waals surface area contributed by atoms with Gasteiger partial charge in [-0.3, -0.25) is 4.79 Å². The van der Waals surface area contributed by atoms with Gasteiger partial charge >= 0.3 is 0 Å². The van der Waals surface area contributed by atoms with Crippen LogP contribution in [0.25, 0.3) is 0 Å². The quantitative estimate of drug-likeness (QED) is 0.812. The van der Waals surface area contributed by atoms with E-state index in [2.05, 4.69) is 15.5 Å². The molecule has 3 rings (SSSR count). The van der Waals surface area contributed by atoms with Crippen molar-refractivity contribution in [1.82, 2.24) is 0 Å². The van der Waals surface area contributed by atoms with Crippen molar-refractivity contribution >= 4 is 46.2 Å². The Morgan fingerprint density at radius 3 is 2.42 bits per heavy atom. The lowest BCUT2D eigenvalue weighted by atomic mass is 10.2. The van der Waals surface area contributed by atoms with Crippen LogP contribution in [0.1, 0.15) is 12.8 Å². The van der Waals surface area contributed by atoms with Crippen LogP contribution in [0, 0.1) is 0 Å². The molecule has 1 aliphatic rings. The second kappa shape index (κ2) is 7.77. The fourth-order valence-electron chi connectivity index (χ4n) is 2.74. The molecule has 0 aromatic heterocycles. The van der Waals surface area contributed by atoms with Crippen molar-refractivity contribution in [2.45, 2.75) is 12.8 Å². The van der Waals surface area contributed by atoms with E-state index < -0.39 is 0 Å². The molecule has 2 aromatic carbocycles. The van der Waals surface area contributed by atoms with E-state index in [-0.39, 0.29) is 12.5 Å². The van der Waals surface area contributed by atoms with Gasteiger partial charge in [0, 0.05) is 29.5 Å². The summed E-state index contributed by atoms with van der Waals surface area (Å²) in [6.07, 6.45) is 2.49. The van der Waals surface area contributed by atoms with Gasteiger partial charge in [-0.05, 0) is 55.3 Å². The molecule has 1 fully saturated rings.